The first-order valence-electron chi connectivity index (χ1n) is 2.03. The molecule has 8 heavy (non-hydrogen) atoms. The summed E-state index contributed by atoms with van der Waals surface area (Å²) in [5.41, 5.74) is 0. The highest BCUT2D eigenvalue weighted by Crippen LogP contribution is 2.04. The molecular formula is C3H3N3O2. The minimum Gasteiger partial charge on any atom is -0.358 e. The van der Waals surface area contributed by atoms with Crippen LogP contribution in [0.5, 0.6) is 0 Å². The Labute approximate surface area is 44.9 Å². The molecule has 0 N–H and O–H groups in total. The molecule has 0 aromatic rings. The summed E-state index contributed by atoms with van der Waals surface area (Å²) in [4.78, 5) is 9.23. The topological polar surface area (TPSA) is 67.9 Å². The summed E-state index contributed by atoms with van der Waals surface area (Å²) in [6, 6.07) is 0. The molecule has 0 saturated heterocycles. The lowest BCUT2D eigenvalue weighted by atomic mass is 10.6. The first kappa shape index (κ1) is 4.89. The second-order valence-electron chi connectivity index (χ2n) is 1.24. The van der Waals surface area contributed by atoms with Gasteiger partial charge < -0.3 is 10.1 Å². The molecule has 1 rings (SSSR count). The van der Waals surface area contributed by atoms with Crippen molar-refractivity contribution in [3.8, 4) is 0 Å². The predicted octanol–water partition coefficient (Wildman–Crippen LogP) is 0.570. The van der Waals surface area contributed by atoms with E-state index in [0.717, 1.165) is 0 Å². The molecule has 0 spiro atoms. The summed E-state index contributed by atoms with van der Waals surface area (Å²) in [5, 5.41) is 16.4. The first-order chi connectivity index (χ1) is 3.80. The van der Waals surface area contributed by atoms with Gasteiger partial charge in [0.25, 0.3) is 0 Å². The molecule has 0 aromatic carbocycles. The van der Waals surface area contributed by atoms with Gasteiger partial charge in [0.2, 0.25) is 0 Å². The molecule has 0 atom stereocenters. The van der Waals surface area contributed by atoms with E-state index in [9.17, 15) is 10.1 Å². The van der Waals surface area contributed by atoms with Crippen molar-refractivity contribution < 1.29 is 4.92 Å². The molecule has 0 aromatic heterocycles. The average molecular weight is 113 g/mol. The number of hydrogen-bond acceptors (Lipinski definition) is 4. The molecule has 0 fully saturated rings. The van der Waals surface area contributed by atoms with Crippen molar-refractivity contribution in [2.24, 2.45) is 10.2 Å². The number of azo groups is 1. The van der Waals surface area contributed by atoms with E-state index in [4.69, 9.17) is 0 Å². The minimum absolute atomic E-state index is 0.148. The Kier molecular flexibility index (Phi) is 1.03. The Hall–Kier alpha value is -1.26. The fraction of sp³-hybridized carbons (Fsp3) is 0.333. The van der Waals surface area contributed by atoms with Crippen LogP contribution in [0.4, 0.5) is 0 Å². The van der Waals surface area contributed by atoms with E-state index >= 15 is 0 Å². The van der Waals surface area contributed by atoms with Gasteiger partial charge in [-0.25, -0.2) is 0 Å². The first-order valence-corrected chi connectivity index (χ1v) is 2.03. The van der Waals surface area contributed by atoms with E-state index in [1.165, 1.54) is 6.08 Å². The molecule has 0 saturated carbocycles. The molecule has 5 nitrogen and oxygen atoms in total. The largest absolute Gasteiger partial charge is 0.388 e. The van der Waals surface area contributed by atoms with Gasteiger partial charge in [-0.2, -0.15) is 0 Å². The Morgan fingerprint density at radius 1 is 1.88 bits per heavy atom. The zero-order valence-electron chi connectivity index (χ0n) is 3.94. The smallest absolute Gasteiger partial charge is 0.358 e. The second-order valence-corrected chi connectivity index (χ2v) is 1.24. The molecule has 0 amide bonds. The van der Waals surface area contributed by atoms with Gasteiger partial charge in [-0.3, -0.25) is 0 Å². The third-order valence-corrected chi connectivity index (χ3v) is 0.716. The molecular weight excluding hydrogens is 110 g/mol. The van der Waals surface area contributed by atoms with Crippen LogP contribution in [-0.4, -0.2) is 11.5 Å². The van der Waals surface area contributed by atoms with Crippen LogP contribution < -0.4 is 0 Å². The van der Waals surface area contributed by atoms with Gasteiger partial charge in [0.1, 0.15) is 6.54 Å². The third-order valence-electron chi connectivity index (χ3n) is 0.716. The van der Waals surface area contributed by atoms with Crippen molar-refractivity contribution in [2.45, 2.75) is 0 Å². The molecule has 1 aliphatic rings. The fourth-order valence-corrected chi connectivity index (χ4v) is 0.388. The molecule has 1 heterocycles. The van der Waals surface area contributed by atoms with Crippen molar-refractivity contribution in [1.82, 2.24) is 0 Å². The van der Waals surface area contributed by atoms with Crippen molar-refractivity contribution in [2.75, 3.05) is 6.54 Å². The van der Waals surface area contributed by atoms with Gasteiger partial charge in [-0.1, -0.05) is 5.11 Å². The van der Waals surface area contributed by atoms with E-state index in [0.29, 0.717) is 6.54 Å². The summed E-state index contributed by atoms with van der Waals surface area (Å²) in [6.45, 7) is 0.344. The Bertz CT molecular complexity index is 171. The van der Waals surface area contributed by atoms with E-state index in [2.05, 4.69) is 10.2 Å². The van der Waals surface area contributed by atoms with Gasteiger partial charge in [0, 0.05) is 6.08 Å². The Morgan fingerprint density at radius 3 is 2.88 bits per heavy atom. The minimum atomic E-state index is -0.559. The molecule has 42 valence electrons. The fourth-order valence-electron chi connectivity index (χ4n) is 0.388. The van der Waals surface area contributed by atoms with Crippen LogP contribution in [0.3, 0.4) is 0 Å². The van der Waals surface area contributed by atoms with Gasteiger partial charge in [-0.05, 0) is 4.92 Å². The highest BCUT2D eigenvalue weighted by molar-refractivity contribution is 4.94. The summed E-state index contributed by atoms with van der Waals surface area (Å²) in [5.74, 6) is -0.148. The van der Waals surface area contributed by atoms with E-state index < -0.39 is 4.92 Å². The van der Waals surface area contributed by atoms with Crippen molar-refractivity contribution in [3.05, 3.63) is 22.0 Å². The summed E-state index contributed by atoms with van der Waals surface area (Å²) in [7, 11) is 0. The van der Waals surface area contributed by atoms with Crippen LogP contribution in [0.1, 0.15) is 0 Å². The monoisotopic (exact) mass is 113 g/mol. The van der Waals surface area contributed by atoms with Crippen LogP contribution in [0.25, 0.3) is 0 Å². The standard InChI is InChI=1S/C3H3N3O2/c7-6(8)3-1-2-4-5-3/h1H,2H2. The molecule has 0 bridgehead atoms. The summed E-state index contributed by atoms with van der Waals surface area (Å²) < 4.78 is 0. The van der Waals surface area contributed by atoms with Gasteiger partial charge in [0.15, 0.2) is 0 Å². The average Bonchev–Trinajstić information content (AvgIpc) is 2.12. The highest BCUT2D eigenvalue weighted by atomic mass is 16.6. The predicted molar refractivity (Wildman–Crippen MR) is 24.8 cm³/mol. The van der Waals surface area contributed by atoms with E-state index in [-0.39, 0.29) is 5.82 Å². The normalized spacial score (nSPS) is 16.2. The van der Waals surface area contributed by atoms with Crippen LogP contribution in [-0.2, 0) is 0 Å². The van der Waals surface area contributed by atoms with E-state index in [1.807, 2.05) is 0 Å². The van der Waals surface area contributed by atoms with Crippen LogP contribution in [0.15, 0.2) is 22.1 Å². The number of hydrogen-bond donors (Lipinski definition) is 0. The maximum Gasteiger partial charge on any atom is 0.388 e. The van der Waals surface area contributed by atoms with Crippen LogP contribution in [0.2, 0.25) is 0 Å². The SMILES string of the molecule is O=[N+]([O-])C1=CCN=N1. The lowest BCUT2D eigenvalue weighted by Gasteiger charge is -1.82. The maximum atomic E-state index is 9.79. The number of nitrogens with zero attached hydrogens (tertiary/aromatic N) is 3. The zero-order valence-corrected chi connectivity index (χ0v) is 3.94. The zero-order chi connectivity index (χ0) is 5.98. The molecule has 5 heteroatoms. The van der Waals surface area contributed by atoms with Crippen LogP contribution >= 0.6 is 0 Å². The maximum absolute atomic E-state index is 9.79. The molecule has 0 aliphatic carbocycles. The van der Waals surface area contributed by atoms with Gasteiger partial charge in [0.05, 0.1) is 5.11 Å². The van der Waals surface area contributed by atoms with E-state index in [1.54, 1.807) is 0 Å². The van der Waals surface area contributed by atoms with Crippen molar-refractivity contribution >= 4 is 0 Å². The molecule has 0 radical (unpaired) electrons. The molecule has 0 unspecified atom stereocenters. The van der Waals surface area contributed by atoms with Crippen LogP contribution in [0, 0.1) is 10.1 Å². The number of rotatable bonds is 1. The third kappa shape index (κ3) is 0.699. The Morgan fingerprint density at radius 2 is 2.62 bits per heavy atom. The van der Waals surface area contributed by atoms with Crippen molar-refractivity contribution in [3.63, 3.8) is 0 Å². The van der Waals surface area contributed by atoms with Crippen molar-refractivity contribution in [1.29, 1.82) is 0 Å². The lowest BCUT2D eigenvalue weighted by Crippen LogP contribution is -1.91. The van der Waals surface area contributed by atoms with Gasteiger partial charge in [-0.15, -0.1) is 0 Å². The quantitative estimate of drug-likeness (QED) is 0.368. The number of nitro groups is 1. The van der Waals surface area contributed by atoms with Gasteiger partial charge >= 0.3 is 5.82 Å². The second kappa shape index (κ2) is 1.69. The summed E-state index contributed by atoms with van der Waals surface area (Å²) in [6.07, 6.45) is 1.36. The summed E-state index contributed by atoms with van der Waals surface area (Å²) >= 11 is 0. The highest BCUT2D eigenvalue weighted by Gasteiger charge is 2.11. The Balaban J connectivity index is 2.72. The lowest BCUT2D eigenvalue weighted by molar-refractivity contribution is -0.426. The molecule has 1 aliphatic heterocycles.